The van der Waals surface area contributed by atoms with Gasteiger partial charge in [-0.2, -0.15) is 0 Å². The molecule has 0 amide bonds. The molecule has 0 bridgehead atoms. The summed E-state index contributed by atoms with van der Waals surface area (Å²) in [5.74, 6) is 0.371. The average Bonchev–Trinajstić information content (AvgIpc) is 2.18. The van der Waals surface area contributed by atoms with E-state index in [1.54, 1.807) is 6.92 Å². The fourth-order valence-electron chi connectivity index (χ4n) is 1.90. The summed E-state index contributed by atoms with van der Waals surface area (Å²) in [6, 6.07) is 0. The van der Waals surface area contributed by atoms with Crippen molar-refractivity contribution >= 4 is 11.6 Å². The Morgan fingerprint density at radius 3 is 1.64 bits per heavy atom. The maximum Gasteiger partial charge on any atom is 0.139 e. The first-order chi connectivity index (χ1) is 6.52. The Morgan fingerprint density at radius 2 is 1.36 bits per heavy atom. The van der Waals surface area contributed by atoms with Crippen LogP contribution in [0.4, 0.5) is 0 Å². The highest BCUT2D eigenvalue weighted by Gasteiger charge is 2.31. The minimum atomic E-state index is -0.171. The van der Waals surface area contributed by atoms with Gasteiger partial charge in [0.25, 0.3) is 0 Å². The number of hydrogen-bond donors (Lipinski definition) is 0. The Hall–Kier alpha value is -0.660. The standard InChI is InChI=1S/C12H22O2/c1-5-12(6-2,7-3)11(14)9-8-10(4)13/h5-9H2,1-4H3. The predicted molar refractivity (Wildman–Crippen MR) is 58.2 cm³/mol. The predicted octanol–water partition coefficient (Wildman–Crippen LogP) is 3.14. The first kappa shape index (κ1) is 13.3. The lowest BCUT2D eigenvalue weighted by atomic mass is 9.74. The fraction of sp³-hybridized carbons (Fsp3) is 0.833. The molecule has 0 aliphatic heterocycles. The smallest absolute Gasteiger partial charge is 0.139 e. The Bertz CT molecular complexity index is 194. The first-order valence-corrected chi connectivity index (χ1v) is 5.55. The number of hydrogen-bond acceptors (Lipinski definition) is 2. The largest absolute Gasteiger partial charge is 0.300 e. The summed E-state index contributed by atoms with van der Waals surface area (Å²) in [6.07, 6.45) is 3.48. The van der Waals surface area contributed by atoms with Crippen LogP contribution in [-0.4, -0.2) is 11.6 Å². The number of carbonyl (C=O) groups is 2. The first-order valence-electron chi connectivity index (χ1n) is 5.55. The third-order valence-corrected chi connectivity index (χ3v) is 3.33. The molecular weight excluding hydrogens is 176 g/mol. The lowest BCUT2D eigenvalue weighted by Crippen LogP contribution is -2.29. The SMILES string of the molecule is CCC(CC)(CC)C(=O)CCC(C)=O. The Morgan fingerprint density at radius 1 is 0.929 bits per heavy atom. The second kappa shape index (κ2) is 5.94. The minimum absolute atomic E-state index is 0.107. The van der Waals surface area contributed by atoms with Gasteiger partial charge in [-0.3, -0.25) is 4.79 Å². The molecule has 0 aromatic heterocycles. The number of carbonyl (C=O) groups excluding carboxylic acids is 2. The molecule has 0 rings (SSSR count). The zero-order valence-electron chi connectivity index (χ0n) is 9.85. The summed E-state index contributed by atoms with van der Waals surface area (Å²) >= 11 is 0. The van der Waals surface area contributed by atoms with Crippen molar-refractivity contribution in [3.05, 3.63) is 0 Å². The van der Waals surface area contributed by atoms with Crippen LogP contribution in [0.3, 0.4) is 0 Å². The number of Topliss-reactive ketones (excluding diaryl/α,β-unsaturated/α-hetero) is 2. The maximum atomic E-state index is 11.9. The zero-order valence-corrected chi connectivity index (χ0v) is 9.85. The van der Waals surface area contributed by atoms with Crippen molar-refractivity contribution < 1.29 is 9.59 Å². The third-order valence-electron chi connectivity index (χ3n) is 3.33. The van der Waals surface area contributed by atoms with E-state index in [9.17, 15) is 9.59 Å². The zero-order chi connectivity index (χ0) is 11.2. The average molecular weight is 198 g/mol. The molecule has 0 aromatic carbocycles. The summed E-state index contributed by atoms with van der Waals surface area (Å²) in [5.41, 5.74) is -0.171. The van der Waals surface area contributed by atoms with Crippen molar-refractivity contribution in [3.8, 4) is 0 Å². The van der Waals surface area contributed by atoms with Gasteiger partial charge >= 0.3 is 0 Å². The van der Waals surface area contributed by atoms with Crippen LogP contribution in [0.25, 0.3) is 0 Å². The molecule has 0 aliphatic carbocycles. The third kappa shape index (κ3) is 3.24. The lowest BCUT2D eigenvalue weighted by Gasteiger charge is -2.28. The molecule has 0 unspecified atom stereocenters. The molecule has 0 radical (unpaired) electrons. The molecule has 0 aromatic rings. The van der Waals surface area contributed by atoms with E-state index < -0.39 is 0 Å². The van der Waals surface area contributed by atoms with E-state index in [1.807, 2.05) is 0 Å². The van der Waals surface area contributed by atoms with E-state index in [2.05, 4.69) is 20.8 Å². The second-order valence-corrected chi connectivity index (χ2v) is 3.97. The van der Waals surface area contributed by atoms with Crippen LogP contribution in [0.5, 0.6) is 0 Å². The van der Waals surface area contributed by atoms with Crippen molar-refractivity contribution in [2.24, 2.45) is 5.41 Å². The van der Waals surface area contributed by atoms with Gasteiger partial charge in [-0.1, -0.05) is 20.8 Å². The summed E-state index contributed by atoms with van der Waals surface area (Å²) in [4.78, 5) is 22.7. The monoisotopic (exact) mass is 198 g/mol. The quantitative estimate of drug-likeness (QED) is 0.629. The van der Waals surface area contributed by atoms with Crippen LogP contribution in [0.2, 0.25) is 0 Å². The highest BCUT2D eigenvalue weighted by atomic mass is 16.1. The van der Waals surface area contributed by atoms with Gasteiger partial charge in [0.05, 0.1) is 0 Å². The highest BCUT2D eigenvalue weighted by Crippen LogP contribution is 2.32. The van der Waals surface area contributed by atoms with E-state index in [-0.39, 0.29) is 17.0 Å². The summed E-state index contributed by atoms with van der Waals surface area (Å²) < 4.78 is 0. The molecule has 0 N–H and O–H groups in total. The number of ketones is 2. The molecule has 0 atom stereocenters. The normalized spacial score (nSPS) is 11.4. The van der Waals surface area contributed by atoms with Crippen molar-refractivity contribution in [1.29, 1.82) is 0 Å². The number of rotatable bonds is 7. The summed E-state index contributed by atoms with van der Waals surface area (Å²) in [5, 5.41) is 0. The molecule has 2 nitrogen and oxygen atoms in total. The molecule has 0 aliphatic rings. The van der Waals surface area contributed by atoms with Crippen LogP contribution in [0.1, 0.15) is 59.8 Å². The van der Waals surface area contributed by atoms with Crippen LogP contribution < -0.4 is 0 Å². The van der Waals surface area contributed by atoms with E-state index in [0.29, 0.717) is 12.8 Å². The van der Waals surface area contributed by atoms with Crippen molar-refractivity contribution in [3.63, 3.8) is 0 Å². The van der Waals surface area contributed by atoms with Gasteiger partial charge in [0.1, 0.15) is 11.6 Å². The fourth-order valence-corrected chi connectivity index (χ4v) is 1.90. The molecule has 82 valence electrons. The summed E-state index contributed by atoms with van der Waals surface area (Å²) in [7, 11) is 0. The van der Waals surface area contributed by atoms with Crippen LogP contribution in [-0.2, 0) is 9.59 Å². The van der Waals surface area contributed by atoms with Gasteiger partial charge in [0.2, 0.25) is 0 Å². The molecule has 14 heavy (non-hydrogen) atoms. The molecular formula is C12H22O2. The summed E-state index contributed by atoms with van der Waals surface area (Å²) in [6.45, 7) is 7.70. The van der Waals surface area contributed by atoms with Gasteiger partial charge in [-0.15, -0.1) is 0 Å². The molecule has 2 heteroatoms. The van der Waals surface area contributed by atoms with Gasteiger partial charge in [-0.25, -0.2) is 0 Å². The van der Waals surface area contributed by atoms with E-state index in [4.69, 9.17) is 0 Å². The van der Waals surface area contributed by atoms with Crippen molar-refractivity contribution in [2.45, 2.75) is 59.8 Å². The van der Waals surface area contributed by atoms with Crippen LogP contribution >= 0.6 is 0 Å². The van der Waals surface area contributed by atoms with E-state index in [0.717, 1.165) is 19.3 Å². The molecule has 0 saturated carbocycles. The van der Waals surface area contributed by atoms with E-state index in [1.165, 1.54) is 0 Å². The molecule has 0 fully saturated rings. The molecule has 0 heterocycles. The second-order valence-electron chi connectivity index (χ2n) is 3.97. The Balaban J connectivity index is 4.36. The lowest BCUT2D eigenvalue weighted by molar-refractivity contribution is -0.131. The van der Waals surface area contributed by atoms with Gasteiger partial charge in [0, 0.05) is 18.3 Å². The minimum Gasteiger partial charge on any atom is -0.300 e. The van der Waals surface area contributed by atoms with E-state index >= 15 is 0 Å². The topological polar surface area (TPSA) is 34.1 Å². The van der Waals surface area contributed by atoms with Crippen molar-refractivity contribution in [1.82, 2.24) is 0 Å². The van der Waals surface area contributed by atoms with Crippen LogP contribution in [0.15, 0.2) is 0 Å². The Kier molecular flexibility index (Phi) is 5.66. The molecule has 0 saturated heterocycles. The Labute approximate surface area is 87.1 Å². The molecule has 0 spiro atoms. The maximum absolute atomic E-state index is 11.9. The van der Waals surface area contributed by atoms with Crippen LogP contribution in [0, 0.1) is 5.41 Å². The highest BCUT2D eigenvalue weighted by molar-refractivity contribution is 5.88. The van der Waals surface area contributed by atoms with Gasteiger partial charge < -0.3 is 4.79 Å². The van der Waals surface area contributed by atoms with Crippen molar-refractivity contribution in [2.75, 3.05) is 0 Å². The van der Waals surface area contributed by atoms with Gasteiger partial charge in [0.15, 0.2) is 0 Å². The van der Waals surface area contributed by atoms with Gasteiger partial charge in [-0.05, 0) is 26.2 Å².